The Labute approximate surface area is 190 Å². The van der Waals surface area contributed by atoms with Gasteiger partial charge in [-0.15, -0.1) is 0 Å². The van der Waals surface area contributed by atoms with Crippen LogP contribution in [-0.4, -0.2) is 59.2 Å². The van der Waals surface area contributed by atoms with Crippen molar-refractivity contribution < 1.29 is 9.53 Å². The van der Waals surface area contributed by atoms with Gasteiger partial charge in [0.15, 0.2) is 5.11 Å². The molecule has 0 amide bonds. The van der Waals surface area contributed by atoms with Gasteiger partial charge in [-0.25, -0.2) is 4.79 Å². The fourth-order valence-corrected chi connectivity index (χ4v) is 6.66. The van der Waals surface area contributed by atoms with Gasteiger partial charge in [0.05, 0.1) is 18.2 Å². The molecule has 3 heterocycles. The van der Waals surface area contributed by atoms with Gasteiger partial charge in [-0.3, -0.25) is 4.90 Å². The van der Waals surface area contributed by atoms with Crippen molar-refractivity contribution in [2.24, 2.45) is 11.8 Å². The molecule has 1 aromatic rings. The second kappa shape index (κ2) is 8.91. The fourth-order valence-electron chi connectivity index (χ4n) is 6.33. The zero-order chi connectivity index (χ0) is 21.4. The number of likely N-dealkylation sites (tertiary alicyclic amines) is 1. The molecule has 5 nitrogen and oxygen atoms in total. The van der Waals surface area contributed by atoms with Gasteiger partial charge in [0.1, 0.15) is 0 Å². The van der Waals surface area contributed by atoms with Crippen LogP contribution in [0.5, 0.6) is 0 Å². The lowest BCUT2D eigenvalue weighted by Gasteiger charge is -2.55. The molecule has 1 aliphatic carbocycles. The number of nitrogens with one attached hydrogen (secondary N) is 1. The molecule has 4 atom stereocenters. The molecule has 4 aliphatic rings. The molecule has 1 aromatic carbocycles. The van der Waals surface area contributed by atoms with Crippen LogP contribution in [0.4, 0.5) is 5.69 Å². The number of rotatable bonds is 3. The summed E-state index contributed by atoms with van der Waals surface area (Å²) in [6, 6.07) is 8.64. The van der Waals surface area contributed by atoms with Gasteiger partial charge in [-0.05, 0) is 87.8 Å². The van der Waals surface area contributed by atoms with Crippen LogP contribution in [0.2, 0.25) is 0 Å². The lowest BCUT2D eigenvalue weighted by Crippen LogP contribution is -2.60. The molecule has 5 rings (SSSR count). The van der Waals surface area contributed by atoms with Crippen LogP contribution >= 0.6 is 12.2 Å². The number of anilines is 1. The monoisotopic (exact) mass is 439 g/mol. The summed E-state index contributed by atoms with van der Waals surface area (Å²) >= 11 is 5.91. The molecule has 3 fully saturated rings. The second-order valence-electron chi connectivity index (χ2n) is 9.43. The maximum Gasteiger partial charge on any atom is 0.338 e. The molecule has 3 aliphatic heterocycles. The van der Waals surface area contributed by atoms with Crippen LogP contribution in [0.3, 0.4) is 0 Å². The Kier molecular flexibility index (Phi) is 6.02. The first-order valence-electron chi connectivity index (χ1n) is 11.9. The van der Waals surface area contributed by atoms with E-state index < -0.39 is 0 Å². The molecule has 0 spiro atoms. The number of benzene rings is 1. The predicted octanol–water partition coefficient (Wildman–Crippen LogP) is 4.46. The van der Waals surface area contributed by atoms with Crippen LogP contribution in [-0.2, 0) is 4.74 Å². The highest BCUT2D eigenvalue weighted by Crippen LogP contribution is 2.45. The van der Waals surface area contributed by atoms with E-state index >= 15 is 0 Å². The summed E-state index contributed by atoms with van der Waals surface area (Å²) in [6.45, 7) is 5.66. The van der Waals surface area contributed by atoms with E-state index in [9.17, 15) is 4.79 Å². The SMILES string of the molecule is CCOC(=O)c1cccc(NC(=S)N2CCCC3=C[C@@H]4C[C@@H](CN5CCCC[C@H]45)[C@@H]32)c1. The predicted molar refractivity (Wildman–Crippen MR) is 127 cm³/mol. The van der Waals surface area contributed by atoms with Crippen LogP contribution in [0.25, 0.3) is 0 Å². The number of fused-ring (bicyclic) bond motifs is 6. The summed E-state index contributed by atoms with van der Waals surface area (Å²) < 4.78 is 5.14. The lowest BCUT2D eigenvalue weighted by molar-refractivity contribution is 0.0132. The molecule has 1 N–H and O–H groups in total. The second-order valence-corrected chi connectivity index (χ2v) is 9.82. The van der Waals surface area contributed by atoms with Gasteiger partial charge >= 0.3 is 5.97 Å². The van der Waals surface area contributed by atoms with Crippen LogP contribution in [0.1, 0.15) is 55.8 Å². The summed E-state index contributed by atoms with van der Waals surface area (Å²) in [5.41, 5.74) is 3.01. The van der Waals surface area contributed by atoms with Crippen molar-refractivity contribution in [3.63, 3.8) is 0 Å². The summed E-state index contributed by atoms with van der Waals surface area (Å²) in [5.74, 6) is 1.09. The standard InChI is InChI=1S/C25H33N3O2S/c1-2-30-24(29)18-7-5-9-21(15-18)26-25(31)28-12-6-8-17-13-19-14-20(23(17)28)16-27-11-4-3-10-22(19)27/h5,7,9,13,15,19-20,22-23H,2-4,6,8,10-12,14,16H2,1H3,(H,26,31)/t19-,20+,22-,23-/m1/s1. The van der Waals surface area contributed by atoms with E-state index in [1.807, 2.05) is 25.1 Å². The van der Waals surface area contributed by atoms with Gasteiger partial charge in [0.25, 0.3) is 0 Å². The van der Waals surface area contributed by atoms with Crippen molar-refractivity contribution in [3.8, 4) is 0 Å². The molecule has 0 saturated carbocycles. The number of carbonyl (C=O) groups excluding carboxylic acids is 1. The van der Waals surface area contributed by atoms with E-state index in [1.54, 1.807) is 11.6 Å². The zero-order valence-electron chi connectivity index (χ0n) is 18.4. The Hall–Kier alpha value is -1.92. The highest BCUT2D eigenvalue weighted by Gasteiger charge is 2.46. The van der Waals surface area contributed by atoms with Gasteiger partial charge in [-0.1, -0.05) is 24.1 Å². The van der Waals surface area contributed by atoms with Gasteiger partial charge in [0, 0.05) is 24.8 Å². The van der Waals surface area contributed by atoms with Crippen molar-refractivity contribution in [2.75, 3.05) is 31.6 Å². The molecule has 6 heteroatoms. The van der Waals surface area contributed by atoms with Gasteiger partial charge in [0.2, 0.25) is 0 Å². The van der Waals surface area contributed by atoms with Crippen molar-refractivity contribution in [1.82, 2.24) is 9.80 Å². The first-order chi connectivity index (χ1) is 15.1. The first kappa shape index (κ1) is 21.0. The van der Waals surface area contributed by atoms with E-state index in [0.29, 0.717) is 24.1 Å². The highest BCUT2D eigenvalue weighted by molar-refractivity contribution is 7.80. The largest absolute Gasteiger partial charge is 0.462 e. The van der Waals surface area contributed by atoms with Crippen molar-refractivity contribution in [3.05, 3.63) is 41.5 Å². The van der Waals surface area contributed by atoms with Gasteiger partial charge < -0.3 is 15.0 Å². The van der Waals surface area contributed by atoms with E-state index in [4.69, 9.17) is 17.0 Å². The normalized spacial score (nSPS) is 30.0. The van der Waals surface area contributed by atoms with E-state index in [-0.39, 0.29) is 5.97 Å². The Balaban J connectivity index is 1.34. The average molecular weight is 440 g/mol. The molecule has 0 aromatic heterocycles. The highest BCUT2D eigenvalue weighted by atomic mass is 32.1. The molecule has 3 saturated heterocycles. The maximum absolute atomic E-state index is 12.1. The Bertz CT molecular complexity index is 885. The number of carbonyl (C=O) groups is 1. The van der Waals surface area contributed by atoms with Crippen molar-refractivity contribution in [2.45, 2.75) is 57.5 Å². The maximum atomic E-state index is 12.1. The van der Waals surface area contributed by atoms with Crippen molar-refractivity contribution in [1.29, 1.82) is 0 Å². The number of esters is 1. The Morgan fingerprint density at radius 3 is 3.03 bits per heavy atom. The Morgan fingerprint density at radius 2 is 2.16 bits per heavy atom. The number of ether oxygens (including phenoxy) is 1. The lowest BCUT2D eigenvalue weighted by atomic mass is 9.68. The minimum Gasteiger partial charge on any atom is -0.462 e. The quantitative estimate of drug-likeness (QED) is 0.426. The third-order valence-corrected chi connectivity index (χ3v) is 7.88. The number of nitrogens with zero attached hydrogens (tertiary/aromatic N) is 2. The summed E-state index contributed by atoms with van der Waals surface area (Å²) in [4.78, 5) is 17.3. The van der Waals surface area contributed by atoms with E-state index in [0.717, 1.165) is 35.7 Å². The Morgan fingerprint density at radius 1 is 1.26 bits per heavy atom. The zero-order valence-corrected chi connectivity index (χ0v) is 19.2. The van der Waals surface area contributed by atoms with Crippen LogP contribution < -0.4 is 5.32 Å². The molecule has 2 bridgehead atoms. The molecule has 0 unspecified atom stereocenters. The van der Waals surface area contributed by atoms with Crippen molar-refractivity contribution >= 4 is 29.0 Å². The molecule has 166 valence electrons. The number of hydrogen-bond donors (Lipinski definition) is 1. The number of hydrogen-bond acceptors (Lipinski definition) is 4. The molecular weight excluding hydrogens is 406 g/mol. The smallest absolute Gasteiger partial charge is 0.338 e. The summed E-state index contributed by atoms with van der Waals surface area (Å²) in [5, 5.41) is 4.19. The third-order valence-electron chi connectivity index (χ3n) is 7.54. The summed E-state index contributed by atoms with van der Waals surface area (Å²) in [6.07, 6.45) is 10.4. The number of piperidine rings is 3. The van der Waals surface area contributed by atoms with Crippen LogP contribution in [0, 0.1) is 11.8 Å². The number of thiocarbonyl (C=S) groups is 1. The molecular formula is C25H33N3O2S. The molecule has 31 heavy (non-hydrogen) atoms. The summed E-state index contributed by atoms with van der Waals surface area (Å²) in [7, 11) is 0. The third kappa shape index (κ3) is 4.12. The van der Waals surface area contributed by atoms with Crippen LogP contribution in [0.15, 0.2) is 35.9 Å². The first-order valence-corrected chi connectivity index (χ1v) is 12.3. The van der Waals surface area contributed by atoms with E-state index in [1.165, 1.54) is 45.2 Å². The van der Waals surface area contributed by atoms with E-state index in [2.05, 4.69) is 21.2 Å². The topological polar surface area (TPSA) is 44.8 Å². The van der Waals surface area contributed by atoms with Gasteiger partial charge in [-0.2, -0.15) is 0 Å². The average Bonchev–Trinajstić information content (AvgIpc) is 2.79. The fraction of sp³-hybridized carbons (Fsp3) is 0.600. The molecule has 0 radical (unpaired) electrons. The minimum atomic E-state index is -0.295. The minimum absolute atomic E-state index is 0.295.